The highest BCUT2D eigenvalue weighted by molar-refractivity contribution is 7.92. The van der Waals surface area contributed by atoms with E-state index in [9.17, 15) is 26.4 Å². The van der Waals surface area contributed by atoms with E-state index < -0.39 is 40.3 Å². The maximum atomic E-state index is 13.6. The molecule has 0 spiro atoms. The fourth-order valence-corrected chi connectivity index (χ4v) is 5.71. The third-order valence-electron chi connectivity index (χ3n) is 6.44. The van der Waals surface area contributed by atoms with Crippen LogP contribution >= 0.6 is 0 Å². The minimum absolute atomic E-state index is 0.140. The lowest BCUT2D eigenvalue weighted by atomic mass is 9.93. The summed E-state index contributed by atoms with van der Waals surface area (Å²) in [7, 11) is -2.79. The normalized spacial score (nSPS) is 12.8. The molecule has 1 amide bonds. The summed E-state index contributed by atoms with van der Waals surface area (Å²) < 4.78 is 73.7. The summed E-state index contributed by atoms with van der Waals surface area (Å²) in [5.74, 6) is 0.208. The molecule has 210 valence electrons. The van der Waals surface area contributed by atoms with Crippen molar-refractivity contribution in [1.29, 1.82) is 0 Å². The zero-order valence-corrected chi connectivity index (χ0v) is 23.6. The second-order valence-corrected chi connectivity index (χ2v) is 11.6. The van der Waals surface area contributed by atoms with Gasteiger partial charge in [0.1, 0.15) is 12.3 Å². The summed E-state index contributed by atoms with van der Waals surface area (Å²) in [6.45, 7) is 8.74. The van der Waals surface area contributed by atoms with Crippen LogP contribution in [0.5, 0.6) is 5.75 Å². The fraction of sp³-hybridized carbons (Fsp3) is 0.345. The number of anilines is 1. The van der Waals surface area contributed by atoms with Gasteiger partial charge in [0.25, 0.3) is 10.0 Å². The van der Waals surface area contributed by atoms with E-state index in [2.05, 4.69) is 5.32 Å². The zero-order valence-electron chi connectivity index (χ0n) is 22.8. The molecule has 3 rings (SSSR count). The molecule has 0 aliphatic carbocycles. The van der Waals surface area contributed by atoms with E-state index in [-0.39, 0.29) is 16.5 Å². The lowest BCUT2D eigenvalue weighted by Gasteiger charge is -2.26. The molecule has 0 heterocycles. The number of nitrogens with one attached hydrogen (secondary N) is 1. The van der Waals surface area contributed by atoms with Gasteiger partial charge in [-0.05, 0) is 85.8 Å². The standard InChI is InChI=1S/C29H33F3N2O4S/c1-18(2)25-16-26(20(4)14-27(25)38-6)21(5)33-28(35)17-34(23-9-7-8-22(15-23)29(30,31)32)39(36,37)24-12-10-19(3)11-13-24/h7-16,18,21H,17H2,1-6H3,(H,33,35)/t21-/m1/s1. The van der Waals surface area contributed by atoms with E-state index in [1.807, 2.05) is 32.9 Å². The molecule has 0 fully saturated rings. The molecule has 1 atom stereocenters. The van der Waals surface area contributed by atoms with Crippen molar-refractivity contribution in [2.24, 2.45) is 0 Å². The first-order chi connectivity index (χ1) is 18.1. The van der Waals surface area contributed by atoms with E-state index >= 15 is 0 Å². The van der Waals surface area contributed by atoms with Crippen molar-refractivity contribution in [2.45, 2.75) is 57.7 Å². The van der Waals surface area contributed by atoms with Crippen molar-refractivity contribution < 1.29 is 31.1 Å². The predicted molar refractivity (Wildman–Crippen MR) is 146 cm³/mol. The molecule has 0 aromatic heterocycles. The van der Waals surface area contributed by atoms with Crippen LogP contribution in [0.2, 0.25) is 0 Å². The number of methoxy groups -OCH3 is 1. The number of benzene rings is 3. The lowest BCUT2D eigenvalue weighted by molar-refractivity contribution is -0.137. The van der Waals surface area contributed by atoms with Gasteiger partial charge in [0, 0.05) is 0 Å². The van der Waals surface area contributed by atoms with Crippen molar-refractivity contribution in [2.75, 3.05) is 18.0 Å². The number of hydrogen-bond acceptors (Lipinski definition) is 4. The van der Waals surface area contributed by atoms with Crippen LogP contribution < -0.4 is 14.4 Å². The number of amides is 1. The van der Waals surface area contributed by atoms with Gasteiger partial charge in [-0.15, -0.1) is 0 Å². The molecule has 1 N–H and O–H groups in total. The quantitative estimate of drug-likeness (QED) is 0.322. The first-order valence-electron chi connectivity index (χ1n) is 12.4. The SMILES string of the molecule is COc1cc(C)c([C@@H](C)NC(=O)CN(c2cccc(C(F)(F)F)c2)S(=O)(=O)c2ccc(C)cc2)cc1C(C)C. The van der Waals surface area contributed by atoms with Gasteiger partial charge in [-0.25, -0.2) is 8.42 Å². The molecular formula is C29H33F3N2O4S. The Bertz CT molecular complexity index is 1440. The Balaban J connectivity index is 1.98. The van der Waals surface area contributed by atoms with Crippen molar-refractivity contribution in [1.82, 2.24) is 5.32 Å². The molecule has 0 unspecified atom stereocenters. The molecule has 0 bridgehead atoms. The van der Waals surface area contributed by atoms with Crippen molar-refractivity contribution in [3.8, 4) is 5.75 Å². The van der Waals surface area contributed by atoms with Gasteiger partial charge in [0.15, 0.2) is 0 Å². The number of ether oxygens (including phenoxy) is 1. The molecule has 3 aromatic rings. The van der Waals surface area contributed by atoms with Gasteiger partial charge in [0.2, 0.25) is 5.91 Å². The maximum Gasteiger partial charge on any atom is 0.416 e. The van der Waals surface area contributed by atoms with E-state index in [4.69, 9.17) is 4.74 Å². The number of nitrogens with zero attached hydrogens (tertiary/aromatic N) is 1. The second-order valence-electron chi connectivity index (χ2n) is 9.77. The number of halogens is 3. The summed E-state index contributed by atoms with van der Waals surface area (Å²) in [4.78, 5) is 13.1. The molecule has 3 aromatic carbocycles. The molecule has 10 heteroatoms. The number of carbonyl (C=O) groups excluding carboxylic acids is 1. The van der Waals surface area contributed by atoms with Crippen LogP contribution in [0.4, 0.5) is 18.9 Å². The number of hydrogen-bond donors (Lipinski definition) is 1. The Morgan fingerprint density at radius 1 is 0.974 bits per heavy atom. The maximum absolute atomic E-state index is 13.6. The molecule has 6 nitrogen and oxygen atoms in total. The van der Waals surface area contributed by atoms with E-state index in [0.29, 0.717) is 4.31 Å². The predicted octanol–water partition coefficient (Wildman–Crippen LogP) is 6.53. The third kappa shape index (κ3) is 6.92. The molecular weight excluding hydrogens is 529 g/mol. The smallest absolute Gasteiger partial charge is 0.416 e. The van der Waals surface area contributed by atoms with Crippen LogP contribution in [0.25, 0.3) is 0 Å². The minimum atomic E-state index is -4.69. The number of aryl methyl sites for hydroxylation is 2. The van der Waals surface area contributed by atoms with Crippen LogP contribution in [0.15, 0.2) is 65.6 Å². The highest BCUT2D eigenvalue weighted by Crippen LogP contribution is 2.34. The third-order valence-corrected chi connectivity index (χ3v) is 8.23. The van der Waals surface area contributed by atoms with Crippen LogP contribution in [-0.2, 0) is 21.0 Å². The molecule has 0 radical (unpaired) electrons. The Hall–Kier alpha value is -3.53. The van der Waals surface area contributed by atoms with Gasteiger partial charge in [-0.1, -0.05) is 37.6 Å². The molecule has 0 aliphatic heterocycles. The lowest BCUT2D eigenvalue weighted by Crippen LogP contribution is -2.41. The second kappa shape index (κ2) is 11.7. The van der Waals surface area contributed by atoms with Crippen molar-refractivity contribution in [3.63, 3.8) is 0 Å². The number of sulfonamides is 1. The van der Waals surface area contributed by atoms with Crippen LogP contribution in [0.1, 0.15) is 60.5 Å². The Labute approximate surface area is 227 Å². The van der Waals surface area contributed by atoms with Gasteiger partial charge < -0.3 is 10.1 Å². The largest absolute Gasteiger partial charge is 0.496 e. The van der Waals surface area contributed by atoms with Crippen molar-refractivity contribution >= 4 is 21.6 Å². The van der Waals surface area contributed by atoms with Crippen LogP contribution in [0, 0.1) is 13.8 Å². The van der Waals surface area contributed by atoms with Gasteiger partial charge >= 0.3 is 6.18 Å². The Morgan fingerprint density at radius 2 is 1.62 bits per heavy atom. The van der Waals surface area contributed by atoms with E-state index in [1.54, 1.807) is 33.1 Å². The Morgan fingerprint density at radius 3 is 2.18 bits per heavy atom. The summed E-state index contributed by atoms with van der Waals surface area (Å²) in [6.07, 6.45) is -4.69. The number of carbonyl (C=O) groups is 1. The summed E-state index contributed by atoms with van der Waals surface area (Å²) in [5.41, 5.74) is 2.16. The average Bonchev–Trinajstić information content (AvgIpc) is 2.86. The average molecular weight is 563 g/mol. The topological polar surface area (TPSA) is 75.7 Å². The van der Waals surface area contributed by atoms with Crippen LogP contribution in [-0.4, -0.2) is 28.0 Å². The van der Waals surface area contributed by atoms with E-state index in [1.165, 1.54) is 18.2 Å². The fourth-order valence-electron chi connectivity index (χ4n) is 4.30. The highest BCUT2D eigenvalue weighted by atomic mass is 32.2. The first kappa shape index (κ1) is 30.0. The van der Waals surface area contributed by atoms with Crippen LogP contribution in [0.3, 0.4) is 0 Å². The highest BCUT2D eigenvalue weighted by Gasteiger charge is 2.33. The molecule has 39 heavy (non-hydrogen) atoms. The molecule has 0 aliphatic rings. The number of alkyl halides is 3. The van der Waals surface area contributed by atoms with Gasteiger partial charge in [-0.2, -0.15) is 13.2 Å². The monoisotopic (exact) mass is 562 g/mol. The summed E-state index contributed by atoms with van der Waals surface area (Å²) >= 11 is 0. The Kier molecular flexibility index (Phi) is 9.00. The minimum Gasteiger partial charge on any atom is -0.496 e. The number of rotatable bonds is 9. The van der Waals surface area contributed by atoms with Gasteiger partial charge in [-0.3, -0.25) is 9.10 Å². The van der Waals surface area contributed by atoms with E-state index in [0.717, 1.165) is 46.2 Å². The molecule has 0 saturated heterocycles. The van der Waals surface area contributed by atoms with Crippen molar-refractivity contribution in [3.05, 3.63) is 88.5 Å². The summed E-state index contributed by atoms with van der Waals surface area (Å²) in [6, 6.07) is 13.1. The zero-order chi connectivity index (χ0) is 29.1. The van der Waals surface area contributed by atoms with Gasteiger partial charge in [0.05, 0.1) is 29.3 Å². The first-order valence-corrected chi connectivity index (χ1v) is 13.8. The molecule has 0 saturated carbocycles. The summed E-state index contributed by atoms with van der Waals surface area (Å²) in [5, 5.41) is 2.81.